The van der Waals surface area contributed by atoms with Crippen LogP contribution in [0.25, 0.3) is 11.2 Å². The number of hydrogen-bond donors (Lipinski definition) is 4. The number of nitrogens with zero attached hydrogens (tertiary/aromatic N) is 5. The van der Waals surface area contributed by atoms with Crippen molar-refractivity contribution in [2.24, 2.45) is 5.92 Å². The van der Waals surface area contributed by atoms with Crippen LogP contribution in [-0.4, -0.2) is 83.6 Å². The van der Waals surface area contributed by atoms with Gasteiger partial charge in [0, 0.05) is 24.1 Å². The van der Waals surface area contributed by atoms with Gasteiger partial charge in [0.25, 0.3) is 0 Å². The number of aliphatic hydroxyl groups excluding tert-OH is 3. The Labute approximate surface area is 215 Å². The minimum atomic E-state index is -1.15. The van der Waals surface area contributed by atoms with Gasteiger partial charge in [-0.3, -0.25) is 0 Å². The number of rotatable bonds is 10. The molecule has 10 nitrogen and oxygen atoms in total. The Morgan fingerprint density at radius 1 is 1.11 bits per heavy atom. The first kappa shape index (κ1) is 24.9. The standard InChI is InChI=1S/C24H28F2N6O4S/c25-14-4-3-12(7-15(14)26)13-8-16(13)27-22-19-23(29-24(28-22)37-10-11-1-2-11)32(31-30-19)17-9-18(36-6-5-33)21(35)20(17)34/h3-4,7,11,13,16-18,20-21,33-35H,1-2,5-6,8-10H2,(H,27,28,29)/t13-,16+,17+,18-,20-,21+/m0/s1. The molecule has 1 aromatic carbocycles. The van der Waals surface area contributed by atoms with E-state index in [0.717, 1.165) is 18.2 Å². The molecular formula is C24H28F2N6O4S. The van der Waals surface area contributed by atoms with Crippen molar-refractivity contribution >= 4 is 28.7 Å². The van der Waals surface area contributed by atoms with Crippen molar-refractivity contribution in [2.75, 3.05) is 24.3 Å². The van der Waals surface area contributed by atoms with Crippen molar-refractivity contribution in [3.8, 4) is 0 Å². The molecule has 0 spiro atoms. The number of nitrogens with one attached hydrogen (secondary N) is 1. The number of halogens is 2. The molecule has 198 valence electrons. The zero-order valence-corrected chi connectivity index (χ0v) is 20.7. The first-order valence-corrected chi connectivity index (χ1v) is 13.5. The molecule has 2 aromatic heterocycles. The van der Waals surface area contributed by atoms with E-state index in [1.54, 1.807) is 17.8 Å². The Kier molecular flexibility index (Phi) is 6.74. The van der Waals surface area contributed by atoms with Crippen LogP contribution >= 0.6 is 11.8 Å². The highest BCUT2D eigenvalue weighted by Crippen LogP contribution is 2.44. The fraction of sp³-hybridized carbons (Fsp3) is 0.583. The number of thioether (sulfide) groups is 1. The van der Waals surface area contributed by atoms with Gasteiger partial charge in [0.1, 0.15) is 12.2 Å². The predicted octanol–water partition coefficient (Wildman–Crippen LogP) is 2.01. The second kappa shape index (κ2) is 10.0. The summed E-state index contributed by atoms with van der Waals surface area (Å²) in [5.74, 6) is 0.312. The maximum atomic E-state index is 13.7. The Morgan fingerprint density at radius 3 is 2.70 bits per heavy atom. The third kappa shape index (κ3) is 5.02. The van der Waals surface area contributed by atoms with Crippen molar-refractivity contribution in [3.63, 3.8) is 0 Å². The number of ether oxygens (including phenoxy) is 1. The van der Waals surface area contributed by atoms with Crippen molar-refractivity contribution < 1.29 is 28.8 Å². The molecule has 3 saturated carbocycles. The number of anilines is 1. The lowest BCUT2D eigenvalue weighted by atomic mass is 10.1. The van der Waals surface area contributed by atoms with Gasteiger partial charge in [-0.15, -0.1) is 5.10 Å². The summed E-state index contributed by atoms with van der Waals surface area (Å²) in [6.07, 6.45) is 0.452. The van der Waals surface area contributed by atoms with Crippen LogP contribution in [0.5, 0.6) is 0 Å². The molecule has 0 aliphatic heterocycles. The van der Waals surface area contributed by atoms with E-state index in [2.05, 4.69) is 15.6 Å². The number of hydrogen-bond acceptors (Lipinski definition) is 10. The lowest BCUT2D eigenvalue weighted by Gasteiger charge is -2.17. The van der Waals surface area contributed by atoms with Crippen molar-refractivity contribution in [1.82, 2.24) is 25.0 Å². The summed E-state index contributed by atoms with van der Waals surface area (Å²) < 4.78 is 34.1. The van der Waals surface area contributed by atoms with Crippen LogP contribution in [0.3, 0.4) is 0 Å². The maximum absolute atomic E-state index is 13.7. The number of benzene rings is 1. The first-order chi connectivity index (χ1) is 17.9. The molecule has 3 aromatic rings. The normalized spacial score (nSPS) is 29.2. The summed E-state index contributed by atoms with van der Waals surface area (Å²) in [5.41, 5.74) is 1.57. The molecule has 6 atom stereocenters. The molecule has 3 fully saturated rings. The Morgan fingerprint density at radius 2 is 1.95 bits per heavy atom. The summed E-state index contributed by atoms with van der Waals surface area (Å²) in [6.45, 7) is -0.134. The quantitative estimate of drug-likeness (QED) is 0.226. The average Bonchev–Trinajstić information content (AvgIpc) is 3.80. The van der Waals surface area contributed by atoms with Gasteiger partial charge in [0.15, 0.2) is 33.8 Å². The zero-order valence-electron chi connectivity index (χ0n) is 19.9. The zero-order chi connectivity index (χ0) is 25.7. The molecule has 13 heteroatoms. The number of aliphatic hydroxyl groups is 3. The summed E-state index contributed by atoms with van der Waals surface area (Å²) in [7, 11) is 0. The number of aromatic nitrogens is 5. The smallest absolute Gasteiger partial charge is 0.191 e. The van der Waals surface area contributed by atoms with Crippen molar-refractivity contribution in [1.29, 1.82) is 0 Å². The predicted molar refractivity (Wildman–Crippen MR) is 130 cm³/mol. The molecule has 6 rings (SSSR count). The van der Waals surface area contributed by atoms with Gasteiger partial charge >= 0.3 is 0 Å². The van der Waals surface area contributed by atoms with Crippen LogP contribution in [0.2, 0.25) is 0 Å². The Bertz CT molecular complexity index is 1290. The van der Waals surface area contributed by atoms with Crippen molar-refractivity contribution in [3.05, 3.63) is 35.4 Å². The highest BCUT2D eigenvalue weighted by molar-refractivity contribution is 7.99. The Balaban J connectivity index is 1.28. The minimum absolute atomic E-state index is 0.00830. The van der Waals surface area contributed by atoms with E-state index >= 15 is 0 Å². The summed E-state index contributed by atoms with van der Waals surface area (Å²) in [5, 5.41) is 42.8. The minimum Gasteiger partial charge on any atom is -0.394 e. The van der Waals surface area contributed by atoms with E-state index < -0.39 is 36.0 Å². The average molecular weight is 535 g/mol. The molecular weight excluding hydrogens is 506 g/mol. The molecule has 0 amide bonds. The van der Waals surface area contributed by atoms with Gasteiger partial charge in [-0.05, 0) is 42.9 Å². The molecule has 0 bridgehead atoms. The van der Waals surface area contributed by atoms with Gasteiger partial charge in [-0.25, -0.2) is 23.4 Å². The van der Waals surface area contributed by atoms with Crippen molar-refractivity contribution in [2.45, 2.75) is 67.2 Å². The van der Waals surface area contributed by atoms with E-state index in [1.165, 1.54) is 23.6 Å². The SMILES string of the molecule is OCCO[C@H]1C[C@@H](n2nnc3c(N[C@@H]4C[C@H]4c4ccc(F)c(F)c4)nc(SCC4CC4)nc32)[C@H](O)[C@@H]1O. The largest absolute Gasteiger partial charge is 0.394 e. The second-order valence-corrected chi connectivity index (χ2v) is 11.0. The van der Waals surface area contributed by atoms with Crippen LogP contribution in [0.15, 0.2) is 23.4 Å². The molecule has 4 N–H and O–H groups in total. The third-order valence-corrected chi connectivity index (χ3v) is 8.35. The van der Waals surface area contributed by atoms with E-state index in [9.17, 15) is 19.0 Å². The number of fused-ring (bicyclic) bond motifs is 1. The Hall–Kier alpha value is -2.45. The van der Waals surface area contributed by atoms with Crippen LogP contribution in [0.4, 0.5) is 14.6 Å². The van der Waals surface area contributed by atoms with E-state index in [-0.39, 0.29) is 31.6 Å². The van der Waals surface area contributed by atoms with Crippen LogP contribution < -0.4 is 5.32 Å². The molecule has 0 saturated heterocycles. The highest BCUT2D eigenvalue weighted by Gasteiger charge is 2.45. The summed E-state index contributed by atoms with van der Waals surface area (Å²) in [6, 6.07) is 3.30. The lowest BCUT2D eigenvalue weighted by molar-refractivity contribution is -0.0629. The van der Waals surface area contributed by atoms with Crippen LogP contribution in [0.1, 0.15) is 43.2 Å². The van der Waals surface area contributed by atoms with Gasteiger partial charge in [-0.1, -0.05) is 23.0 Å². The van der Waals surface area contributed by atoms with Crippen LogP contribution in [0, 0.1) is 17.6 Å². The lowest BCUT2D eigenvalue weighted by Crippen LogP contribution is -2.33. The molecule has 0 radical (unpaired) electrons. The van der Waals surface area contributed by atoms with Gasteiger partial charge in [0.05, 0.1) is 25.4 Å². The topological polar surface area (TPSA) is 138 Å². The summed E-state index contributed by atoms with van der Waals surface area (Å²) in [4.78, 5) is 9.39. The second-order valence-electron chi connectivity index (χ2n) is 10.00. The third-order valence-electron chi connectivity index (χ3n) is 7.27. The van der Waals surface area contributed by atoms with Gasteiger partial charge in [0.2, 0.25) is 0 Å². The molecule has 3 aliphatic rings. The van der Waals surface area contributed by atoms with E-state index in [4.69, 9.17) is 19.8 Å². The highest BCUT2D eigenvalue weighted by atomic mass is 32.2. The maximum Gasteiger partial charge on any atom is 0.191 e. The molecule has 2 heterocycles. The fourth-order valence-electron chi connectivity index (χ4n) is 4.90. The molecule has 37 heavy (non-hydrogen) atoms. The van der Waals surface area contributed by atoms with E-state index in [0.29, 0.717) is 33.6 Å². The fourth-order valence-corrected chi connectivity index (χ4v) is 5.92. The molecule has 0 unspecified atom stereocenters. The molecule has 3 aliphatic carbocycles. The first-order valence-electron chi connectivity index (χ1n) is 12.5. The summed E-state index contributed by atoms with van der Waals surface area (Å²) >= 11 is 1.55. The van der Waals surface area contributed by atoms with Crippen LogP contribution in [-0.2, 0) is 4.74 Å². The monoisotopic (exact) mass is 534 g/mol. The van der Waals surface area contributed by atoms with E-state index in [1.807, 2.05) is 0 Å². The van der Waals surface area contributed by atoms with Gasteiger partial charge in [-0.2, -0.15) is 0 Å². The van der Waals surface area contributed by atoms with Gasteiger partial charge < -0.3 is 25.4 Å².